The fourth-order valence-corrected chi connectivity index (χ4v) is 3.40. The van der Waals surface area contributed by atoms with Gasteiger partial charge in [-0.15, -0.1) is 0 Å². The Hall–Kier alpha value is -2.74. The molecule has 0 saturated carbocycles. The lowest BCUT2D eigenvalue weighted by molar-refractivity contribution is -0.119. The smallest absolute Gasteiger partial charge is 0.252 e. The maximum Gasteiger partial charge on any atom is 0.252 e. The van der Waals surface area contributed by atoms with Crippen LogP contribution in [0.2, 0.25) is 0 Å². The van der Waals surface area contributed by atoms with Gasteiger partial charge in [0.2, 0.25) is 5.91 Å². The molecule has 1 aromatic heterocycles. The molecule has 2 rings (SSSR count). The number of aromatic nitrogens is 1. The number of sulfone groups is 1. The van der Waals surface area contributed by atoms with Crippen molar-refractivity contribution < 1.29 is 18.0 Å². The zero-order valence-corrected chi connectivity index (χ0v) is 13.6. The first-order valence-corrected chi connectivity index (χ1v) is 8.83. The van der Waals surface area contributed by atoms with Gasteiger partial charge < -0.3 is 11.1 Å². The van der Waals surface area contributed by atoms with Gasteiger partial charge in [0, 0.05) is 18.0 Å². The number of amides is 2. The van der Waals surface area contributed by atoms with Gasteiger partial charge in [-0.1, -0.05) is 18.2 Å². The topological polar surface area (TPSA) is 119 Å². The van der Waals surface area contributed by atoms with Crippen LogP contribution in [0.4, 0.5) is 0 Å². The monoisotopic (exact) mass is 347 g/mol. The van der Waals surface area contributed by atoms with Gasteiger partial charge >= 0.3 is 0 Å². The molecule has 0 aliphatic rings. The Balaban J connectivity index is 2.04. The lowest BCUT2D eigenvalue weighted by Gasteiger charge is -2.15. The van der Waals surface area contributed by atoms with Crippen molar-refractivity contribution in [2.75, 3.05) is 5.75 Å². The third-order valence-electron chi connectivity index (χ3n) is 3.37. The van der Waals surface area contributed by atoms with Crippen molar-refractivity contribution in [3.05, 3.63) is 60.4 Å². The number of hydrogen-bond acceptors (Lipinski definition) is 5. The lowest BCUT2D eigenvalue weighted by Crippen LogP contribution is -2.45. The predicted octanol–water partition coefficient (Wildman–Crippen LogP) is 0.529. The zero-order chi connectivity index (χ0) is 17.6. The maximum absolute atomic E-state index is 12.2. The summed E-state index contributed by atoms with van der Waals surface area (Å²) in [4.78, 5) is 27.5. The highest BCUT2D eigenvalue weighted by molar-refractivity contribution is 7.91. The third-order valence-corrected chi connectivity index (χ3v) is 5.13. The van der Waals surface area contributed by atoms with Gasteiger partial charge in [-0.05, 0) is 30.7 Å². The van der Waals surface area contributed by atoms with E-state index in [0.717, 1.165) is 0 Å². The summed E-state index contributed by atoms with van der Waals surface area (Å²) < 4.78 is 24.5. The van der Waals surface area contributed by atoms with Crippen molar-refractivity contribution in [3.63, 3.8) is 0 Å². The van der Waals surface area contributed by atoms with Crippen LogP contribution in [0, 0.1) is 0 Å². The standard InChI is InChI=1S/C16H17N3O4S/c17-15(20)14(19-16(21)12-6-9-18-10-7-12)8-11-24(22,23)13-4-2-1-3-5-13/h1-7,9-10,14H,8,11H2,(H2,17,20)(H,19,21)/t14-/m0/s1. The Labute approximate surface area is 139 Å². The number of pyridine rings is 1. The number of primary amides is 1. The summed E-state index contributed by atoms with van der Waals surface area (Å²) >= 11 is 0. The van der Waals surface area contributed by atoms with Crippen LogP contribution in [0.1, 0.15) is 16.8 Å². The van der Waals surface area contributed by atoms with Crippen molar-refractivity contribution in [1.29, 1.82) is 0 Å². The van der Waals surface area contributed by atoms with Gasteiger partial charge in [-0.25, -0.2) is 8.42 Å². The van der Waals surface area contributed by atoms with E-state index in [4.69, 9.17) is 5.73 Å². The predicted molar refractivity (Wildman–Crippen MR) is 87.8 cm³/mol. The first-order valence-electron chi connectivity index (χ1n) is 7.18. The number of carbonyl (C=O) groups excluding carboxylic acids is 2. The minimum atomic E-state index is -3.56. The summed E-state index contributed by atoms with van der Waals surface area (Å²) in [7, 11) is -3.56. The number of nitrogens with one attached hydrogen (secondary N) is 1. The highest BCUT2D eigenvalue weighted by atomic mass is 32.2. The second kappa shape index (κ2) is 7.69. The van der Waals surface area contributed by atoms with E-state index >= 15 is 0 Å². The van der Waals surface area contributed by atoms with Crippen LogP contribution < -0.4 is 11.1 Å². The molecule has 0 radical (unpaired) electrons. The van der Waals surface area contributed by atoms with Crippen LogP contribution in [0.25, 0.3) is 0 Å². The molecule has 1 aromatic carbocycles. The second-order valence-corrected chi connectivity index (χ2v) is 7.19. The molecule has 0 aliphatic heterocycles. The van der Waals surface area contributed by atoms with E-state index in [2.05, 4.69) is 10.3 Å². The summed E-state index contributed by atoms with van der Waals surface area (Å²) in [6, 6.07) is 9.77. The highest BCUT2D eigenvalue weighted by Crippen LogP contribution is 2.12. The quantitative estimate of drug-likeness (QED) is 0.757. The molecule has 0 aliphatic carbocycles. The number of rotatable bonds is 7. The molecule has 3 N–H and O–H groups in total. The molecule has 1 heterocycles. The number of carbonyl (C=O) groups is 2. The Morgan fingerprint density at radius 2 is 1.71 bits per heavy atom. The molecule has 0 spiro atoms. The minimum absolute atomic E-state index is 0.108. The molecule has 2 amide bonds. The highest BCUT2D eigenvalue weighted by Gasteiger charge is 2.23. The maximum atomic E-state index is 12.2. The second-order valence-electron chi connectivity index (χ2n) is 5.08. The summed E-state index contributed by atoms with van der Waals surface area (Å²) in [5.74, 6) is -1.61. The summed E-state index contributed by atoms with van der Waals surface area (Å²) in [6.07, 6.45) is 2.77. The minimum Gasteiger partial charge on any atom is -0.368 e. The molecule has 0 unspecified atom stereocenters. The van der Waals surface area contributed by atoms with Gasteiger partial charge in [-0.2, -0.15) is 0 Å². The van der Waals surface area contributed by atoms with Crippen LogP contribution in [-0.4, -0.2) is 37.0 Å². The van der Waals surface area contributed by atoms with Crippen LogP contribution in [0.15, 0.2) is 59.8 Å². The Kier molecular flexibility index (Phi) is 5.64. The van der Waals surface area contributed by atoms with Crippen molar-refractivity contribution >= 4 is 21.7 Å². The average Bonchev–Trinajstić information content (AvgIpc) is 2.59. The van der Waals surface area contributed by atoms with Gasteiger partial charge in [0.05, 0.1) is 10.6 Å². The van der Waals surface area contributed by atoms with Crippen molar-refractivity contribution in [1.82, 2.24) is 10.3 Å². The number of hydrogen-bond donors (Lipinski definition) is 2. The molecular formula is C16H17N3O4S. The van der Waals surface area contributed by atoms with E-state index in [-0.39, 0.29) is 17.1 Å². The Morgan fingerprint density at radius 3 is 2.29 bits per heavy atom. The van der Waals surface area contributed by atoms with Gasteiger partial charge in [-0.3, -0.25) is 14.6 Å². The van der Waals surface area contributed by atoms with Gasteiger partial charge in [0.15, 0.2) is 9.84 Å². The first kappa shape index (κ1) is 17.6. The normalized spacial score (nSPS) is 12.3. The number of benzene rings is 1. The van der Waals surface area contributed by atoms with E-state index in [1.165, 1.54) is 36.7 Å². The summed E-state index contributed by atoms with van der Waals surface area (Å²) in [5.41, 5.74) is 5.58. The van der Waals surface area contributed by atoms with Crippen LogP contribution in [0.5, 0.6) is 0 Å². The van der Waals surface area contributed by atoms with E-state index in [9.17, 15) is 18.0 Å². The summed E-state index contributed by atoms with van der Waals surface area (Å²) in [5, 5.41) is 2.45. The molecule has 24 heavy (non-hydrogen) atoms. The number of nitrogens with two attached hydrogens (primary N) is 1. The Bertz CT molecular complexity index is 808. The summed E-state index contributed by atoms with van der Waals surface area (Å²) in [6.45, 7) is 0. The molecule has 0 bridgehead atoms. The molecule has 2 aromatic rings. The molecule has 0 fully saturated rings. The van der Waals surface area contributed by atoms with Crippen LogP contribution >= 0.6 is 0 Å². The van der Waals surface area contributed by atoms with Crippen molar-refractivity contribution in [2.24, 2.45) is 5.73 Å². The zero-order valence-electron chi connectivity index (χ0n) is 12.8. The van der Waals surface area contributed by atoms with Crippen molar-refractivity contribution in [2.45, 2.75) is 17.4 Å². The van der Waals surface area contributed by atoms with Gasteiger partial charge in [0.25, 0.3) is 5.91 Å². The van der Waals surface area contributed by atoms with Crippen molar-refractivity contribution in [3.8, 4) is 0 Å². The molecule has 1 atom stereocenters. The lowest BCUT2D eigenvalue weighted by atomic mass is 10.2. The first-order chi connectivity index (χ1) is 11.4. The fraction of sp³-hybridized carbons (Fsp3) is 0.188. The number of nitrogens with zero attached hydrogens (tertiary/aromatic N) is 1. The molecule has 126 valence electrons. The van der Waals surface area contributed by atoms with Crippen LogP contribution in [-0.2, 0) is 14.6 Å². The average molecular weight is 347 g/mol. The van der Waals surface area contributed by atoms with E-state index in [1.54, 1.807) is 18.2 Å². The van der Waals surface area contributed by atoms with Gasteiger partial charge in [0.1, 0.15) is 6.04 Å². The molecule has 7 nitrogen and oxygen atoms in total. The van der Waals surface area contributed by atoms with Crippen LogP contribution in [0.3, 0.4) is 0 Å². The SMILES string of the molecule is NC(=O)[C@H](CCS(=O)(=O)c1ccccc1)NC(=O)c1ccncc1. The molecular weight excluding hydrogens is 330 g/mol. The molecule has 0 saturated heterocycles. The van der Waals surface area contributed by atoms with E-state index in [0.29, 0.717) is 5.56 Å². The Morgan fingerprint density at radius 1 is 1.08 bits per heavy atom. The van der Waals surface area contributed by atoms with E-state index in [1.807, 2.05) is 0 Å². The molecule has 8 heteroatoms. The largest absolute Gasteiger partial charge is 0.368 e. The fourth-order valence-electron chi connectivity index (χ4n) is 2.05. The third kappa shape index (κ3) is 4.63. The van der Waals surface area contributed by atoms with E-state index < -0.39 is 27.7 Å².